The zero-order valence-electron chi connectivity index (χ0n) is 18.0. The average molecular weight is 498 g/mol. The predicted octanol–water partition coefficient (Wildman–Crippen LogP) is 4.44. The quantitative estimate of drug-likeness (QED) is 0.364. The molecular formula is C23H15ClF3N7O. The van der Waals surface area contributed by atoms with Gasteiger partial charge in [-0.1, -0.05) is 29.8 Å². The molecule has 5 aromatic rings. The lowest BCUT2D eigenvalue weighted by molar-refractivity contribution is -0.141. The van der Waals surface area contributed by atoms with Gasteiger partial charge in [0.1, 0.15) is 11.5 Å². The Labute approximate surface area is 200 Å². The second kappa shape index (κ2) is 8.58. The predicted molar refractivity (Wildman–Crippen MR) is 122 cm³/mol. The standard InChI is InChI=1S/C23H15ClF3N7O/c1-13-28-9-16(10-29-13)20-18(15-3-5-17(24)6-4-15)11-31-34-21(20)32-33(22(34)35)12-14-2-7-19(30-8-14)23(25,26)27/h2-11H,12H2,1H3. The van der Waals surface area contributed by atoms with E-state index in [1.807, 2.05) is 12.1 Å². The molecule has 0 unspecified atom stereocenters. The van der Waals surface area contributed by atoms with Crippen LogP contribution in [0.25, 0.3) is 27.9 Å². The van der Waals surface area contributed by atoms with Gasteiger partial charge in [-0.2, -0.15) is 22.8 Å². The number of rotatable bonds is 4. The molecule has 1 aromatic carbocycles. The van der Waals surface area contributed by atoms with Crippen LogP contribution in [0.5, 0.6) is 0 Å². The Morgan fingerprint density at radius 2 is 1.63 bits per heavy atom. The third-order valence-electron chi connectivity index (χ3n) is 5.29. The first-order valence-electron chi connectivity index (χ1n) is 10.3. The molecule has 12 heteroatoms. The van der Waals surface area contributed by atoms with Crippen LogP contribution in [-0.2, 0) is 12.7 Å². The fourth-order valence-electron chi connectivity index (χ4n) is 3.58. The van der Waals surface area contributed by atoms with Crippen molar-refractivity contribution in [1.82, 2.24) is 34.3 Å². The van der Waals surface area contributed by atoms with Crippen LogP contribution in [0.2, 0.25) is 5.02 Å². The van der Waals surface area contributed by atoms with Crippen molar-refractivity contribution in [3.05, 3.63) is 93.8 Å². The number of hydrogen-bond acceptors (Lipinski definition) is 6. The van der Waals surface area contributed by atoms with E-state index in [9.17, 15) is 18.0 Å². The zero-order valence-corrected chi connectivity index (χ0v) is 18.8. The molecule has 0 aliphatic carbocycles. The second-order valence-corrected chi connectivity index (χ2v) is 8.12. The number of fused-ring (bicyclic) bond motifs is 1. The molecule has 0 amide bonds. The molecule has 0 saturated heterocycles. The zero-order chi connectivity index (χ0) is 24.7. The third-order valence-corrected chi connectivity index (χ3v) is 5.54. The Bertz CT molecular complexity index is 1580. The Morgan fingerprint density at radius 1 is 0.914 bits per heavy atom. The third kappa shape index (κ3) is 4.37. The molecular weight excluding hydrogens is 483 g/mol. The molecule has 0 saturated carbocycles. The summed E-state index contributed by atoms with van der Waals surface area (Å²) < 4.78 is 40.7. The first-order valence-corrected chi connectivity index (χ1v) is 10.6. The maximum atomic E-state index is 13.0. The highest BCUT2D eigenvalue weighted by Crippen LogP contribution is 2.34. The lowest BCUT2D eigenvalue weighted by atomic mass is 9.99. The smallest absolute Gasteiger partial charge is 0.251 e. The van der Waals surface area contributed by atoms with Crippen molar-refractivity contribution >= 4 is 17.2 Å². The summed E-state index contributed by atoms with van der Waals surface area (Å²) in [6, 6.07) is 9.22. The van der Waals surface area contributed by atoms with Gasteiger partial charge in [-0.05, 0) is 36.2 Å². The lowest BCUT2D eigenvalue weighted by Gasteiger charge is -2.10. The molecule has 0 N–H and O–H groups in total. The van der Waals surface area contributed by atoms with Gasteiger partial charge in [0, 0.05) is 40.3 Å². The van der Waals surface area contributed by atoms with E-state index in [-0.39, 0.29) is 12.2 Å². The summed E-state index contributed by atoms with van der Waals surface area (Å²) in [6.07, 6.45) is 1.31. The monoisotopic (exact) mass is 497 g/mol. The van der Waals surface area contributed by atoms with E-state index >= 15 is 0 Å². The van der Waals surface area contributed by atoms with Gasteiger partial charge in [-0.15, -0.1) is 5.10 Å². The highest BCUT2D eigenvalue weighted by molar-refractivity contribution is 6.30. The SMILES string of the molecule is Cc1ncc(-c2c(-c3ccc(Cl)cc3)cnn3c(=O)n(Cc4ccc(C(F)(F)F)nc4)nc23)cn1. The minimum absolute atomic E-state index is 0.0898. The van der Waals surface area contributed by atoms with E-state index in [0.29, 0.717) is 33.1 Å². The van der Waals surface area contributed by atoms with Crippen LogP contribution in [-0.4, -0.2) is 34.3 Å². The average Bonchev–Trinajstić information content (AvgIpc) is 3.14. The van der Waals surface area contributed by atoms with Crippen molar-refractivity contribution in [3.63, 3.8) is 0 Å². The van der Waals surface area contributed by atoms with Crippen LogP contribution in [0.1, 0.15) is 17.1 Å². The summed E-state index contributed by atoms with van der Waals surface area (Å²) in [6.45, 7) is 1.66. The van der Waals surface area contributed by atoms with Crippen LogP contribution in [0, 0.1) is 6.92 Å². The van der Waals surface area contributed by atoms with Crippen LogP contribution >= 0.6 is 11.6 Å². The van der Waals surface area contributed by atoms with Crippen molar-refractivity contribution < 1.29 is 13.2 Å². The van der Waals surface area contributed by atoms with Crippen LogP contribution < -0.4 is 5.69 Å². The van der Waals surface area contributed by atoms with Gasteiger partial charge in [0.05, 0.1) is 12.7 Å². The molecule has 0 aliphatic rings. The molecule has 0 atom stereocenters. The van der Waals surface area contributed by atoms with Gasteiger partial charge in [0.2, 0.25) is 0 Å². The molecule has 8 nitrogen and oxygen atoms in total. The molecule has 0 spiro atoms. The van der Waals surface area contributed by atoms with Gasteiger partial charge in [-0.3, -0.25) is 4.98 Å². The van der Waals surface area contributed by atoms with Gasteiger partial charge in [0.25, 0.3) is 0 Å². The summed E-state index contributed by atoms with van der Waals surface area (Å²) in [4.78, 5) is 25.0. The number of benzene rings is 1. The van der Waals surface area contributed by atoms with E-state index in [2.05, 4.69) is 25.1 Å². The molecule has 5 rings (SSSR count). The molecule has 176 valence electrons. The van der Waals surface area contributed by atoms with Gasteiger partial charge >= 0.3 is 11.9 Å². The fraction of sp³-hybridized carbons (Fsp3) is 0.130. The molecule has 0 radical (unpaired) electrons. The minimum atomic E-state index is -4.55. The molecule has 0 bridgehead atoms. The van der Waals surface area contributed by atoms with E-state index in [1.165, 1.54) is 6.07 Å². The summed E-state index contributed by atoms with van der Waals surface area (Å²) in [5, 5.41) is 9.29. The van der Waals surface area contributed by atoms with Crippen molar-refractivity contribution in [2.45, 2.75) is 19.6 Å². The highest BCUT2D eigenvalue weighted by Gasteiger charge is 2.32. The highest BCUT2D eigenvalue weighted by atomic mass is 35.5. The number of alkyl halides is 3. The number of nitrogens with zero attached hydrogens (tertiary/aromatic N) is 7. The number of pyridine rings is 1. The molecule has 35 heavy (non-hydrogen) atoms. The maximum absolute atomic E-state index is 13.0. The van der Waals surface area contributed by atoms with Crippen LogP contribution in [0.15, 0.2) is 66.0 Å². The fourth-order valence-corrected chi connectivity index (χ4v) is 3.70. The minimum Gasteiger partial charge on any atom is -0.251 e. The van der Waals surface area contributed by atoms with Crippen molar-refractivity contribution in [2.24, 2.45) is 0 Å². The summed E-state index contributed by atoms with van der Waals surface area (Å²) in [5.74, 6) is 0.574. The lowest BCUT2D eigenvalue weighted by Crippen LogP contribution is -2.23. The van der Waals surface area contributed by atoms with Crippen LogP contribution in [0.3, 0.4) is 0 Å². The van der Waals surface area contributed by atoms with Crippen molar-refractivity contribution in [1.29, 1.82) is 0 Å². The van der Waals surface area contributed by atoms with Gasteiger partial charge in [0.15, 0.2) is 5.65 Å². The Balaban J connectivity index is 1.66. The summed E-state index contributed by atoms with van der Waals surface area (Å²) in [5.41, 5.74) is 1.70. The maximum Gasteiger partial charge on any atom is 0.433 e. The van der Waals surface area contributed by atoms with Gasteiger partial charge < -0.3 is 0 Å². The molecule has 0 fully saturated rings. The normalized spacial score (nSPS) is 11.8. The van der Waals surface area contributed by atoms with Gasteiger partial charge in [-0.25, -0.2) is 19.4 Å². The summed E-state index contributed by atoms with van der Waals surface area (Å²) >= 11 is 6.04. The van der Waals surface area contributed by atoms with Crippen molar-refractivity contribution in [2.75, 3.05) is 0 Å². The van der Waals surface area contributed by atoms with E-state index < -0.39 is 17.6 Å². The van der Waals surface area contributed by atoms with E-state index in [0.717, 1.165) is 27.0 Å². The second-order valence-electron chi connectivity index (χ2n) is 7.68. The van der Waals surface area contributed by atoms with E-state index in [1.54, 1.807) is 37.6 Å². The van der Waals surface area contributed by atoms with Crippen LogP contribution in [0.4, 0.5) is 13.2 Å². The Hall–Kier alpha value is -4.12. The number of hydrogen-bond donors (Lipinski definition) is 0. The Morgan fingerprint density at radius 3 is 2.26 bits per heavy atom. The molecule has 4 aromatic heterocycles. The topological polar surface area (TPSA) is 90.9 Å². The number of aromatic nitrogens is 7. The molecule has 0 aliphatic heterocycles. The largest absolute Gasteiger partial charge is 0.433 e. The first kappa shape index (κ1) is 22.7. The first-order chi connectivity index (χ1) is 16.7. The number of halogens is 4. The molecule has 4 heterocycles. The number of aryl methyl sites for hydroxylation is 1. The van der Waals surface area contributed by atoms with E-state index in [4.69, 9.17) is 11.6 Å². The summed E-state index contributed by atoms with van der Waals surface area (Å²) in [7, 11) is 0. The van der Waals surface area contributed by atoms with Crippen molar-refractivity contribution in [3.8, 4) is 22.3 Å². The Kier molecular flexibility index (Phi) is 5.56.